The molecule has 2 aromatic heterocycles. The van der Waals surface area contributed by atoms with Gasteiger partial charge >= 0.3 is 0 Å². The lowest BCUT2D eigenvalue weighted by atomic mass is 10.0. The topological polar surface area (TPSA) is 30.2 Å². The molecule has 0 amide bonds. The number of hydrogen-bond acceptors (Lipinski definition) is 2. The van der Waals surface area contributed by atoms with Crippen LogP contribution in [0.4, 0.5) is 0 Å². The first-order chi connectivity index (χ1) is 12.8. The first-order valence-electron chi connectivity index (χ1n) is 9.05. The Labute approximate surface area is 152 Å². The highest BCUT2D eigenvalue weighted by molar-refractivity contribution is 6.12. The zero-order valence-electron chi connectivity index (χ0n) is 15.3. The molecule has 0 radical (unpaired) electrons. The van der Waals surface area contributed by atoms with Gasteiger partial charge in [0, 0.05) is 16.3 Å². The van der Waals surface area contributed by atoms with Crippen LogP contribution < -0.4 is 0 Å². The number of para-hydroxylation sites is 1. The van der Waals surface area contributed by atoms with Crippen molar-refractivity contribution in [1.29, 1.82) is 0 Å². The minimum Gasteiger partial charge on any atom is -0.274 e. The maximum Gasteiger partial charge on any atom is 0.169 e. The minimum absolute atomic E-state index is 0.894. The Balaban J connectivity index is 0.000000814. The predicted octanol–water partition coefficient (Wildman–Crippen LogP) is 6.04. The summed E-state index contributed by atoms with van der Waals surface area (Å²) >= 11 is 0. The third-order valence-corrected chi connectivity index (χ3v) is 4.65. The van der Waals surface area contributed by atoms with Crippen molar-refractivity contribution >= 4 is 27.3 Å². The van der Waals surface area contributed by atoms with Crippen LogP contribution in [-0.4, -0.2) is 14.6 Å². The van der Waals surface area contributed by atoms with Gasteiger partial charge in [0.2, 0.25) is 0 Å². The lowest BCUT2D eigenvalue weighted by Crippen LogP contribution is -1.95. The van der Waals surface area contributed by atoms with Crippen LogP contribution >= 0.6 is 0 Å². The molecule has 3 nitrogen and oxygen atoms in total. The van der Waals surface area contributed by atoms with Crippen LogP contribution in [0.15, 0.2) is 72.8 Å². The molecular weight excluding hydrogens is 318 g/mol. The van der Waals surface area contributed by atoms with Crippen LogP contribution in [0.5, 0.6) is 0 Å². The number of aryl methyl sites for hydroxylation is 1. The zero-order valence-corrected chi connectivity index (χ0v) is 15.3. The van der Waals surface area contributed by atoms with E-state index in [-0.39, 0.29) is 0 Å². The molecule has 3 aromatic carbocycles. The monoisotopic (exact) mass is 339 g/mol. The number of rotatable bonds is 1. The van der Waals surface area contributed by atoms with Crippen molar-refractivity contribution in [3.63, 3.8) is 0 Å². The Morgan fingerprint density at radius 1 is 0.654 bits per heavy atom. The fourth-order valence-electron chi connectivity index (χ4n) is 3.49. The molecule has 0 saturated heterocycles. The highest BCUT2D eigenvalue weighted by Crippen LogP contribution is 2.32. The highest BCUT2D eigenvalue weighted by atomic mass is 15.2. The second-order valence-electron chi connectivity index (χ2n) is 6.06. The van der Waals surface area contributed by atoms with Crippen LogP contribution in [-0.2, 0) is 0 Å². The van der Waals surface area contributed by atoms with E-state index in [4.69, 9.17) is 0 Å². The molecule has 0 aliphatic rings. The molecule has 0 N–H and O–H groups in total. The van der Waals surface area contributed by atoms with Gasteiger partial charge < -0.3 is 0 Å². The Kier molecular flexibility index (Phi) is 4.13. The van der Waals surface area contributed by atoms with Gasteiger partial charge in [-0.1, -0.05) is 80.6 Å². The van der Waals surface area contributed by atoms with E-state index in [9.17, 15) is 0 Å². The number of pyridine rings is 1. The normalized spacial score (nSPS) is 10.9. The van der Waals surface area contributed by atoms with Gasteiger partial charge in [0.25, 0.3) is 0 Å². The summed E-state index contributed by atoms with van der Waals surface area (Å²) in [4.78, 5) is 0. The van der Waals surface area contributed by atoms with Gasteiger partial charge in [-0.05, 0) is 23.9 Å². The highest BCUT2D eigenvalue weighted by Gasteiger charge is 2.15. The van der Waals surface area contributed by atoms with E-state index in [0.29, 0.717) is 0 Å². The van der Waals surface area contributed by atoms with Crippen molar-refractivity contribution in [3.05, 3.63) is 78.4 Å². The van der Waals surface area contributed by atoms with E-state index in [0.717, 1.165) is 27.9 Å². The smallest absolute Gasteiger partial charge is 0.169 e. The summed E-state index contributed by atoms with van der Waals surface area (Å²) < 4.78 is 2.18. The minimum atomic E-state index is 0.894. The van der Waals surface area contributed by atoms with Crippen LogP contribution in [0.2, 0.25) is 0 Å². The fraction of sp³-hybridized carbons (Fsp3) is 0.130. The molecule has 3 heteroatoms. The van der Waals surface area contributed by atoms with Crippen molar-refractivity contribution in [2.45, 2.75) is 20.8 Å². The van der Waals surface area contributed by atoms with Gasteiger partial charge in [0.05, 0.1) is 5.52 Å². The van der Waals surface area contributed by atoms with E-state index in [1.54, 1.807) is 0 Å². The van der Waals surface area contributed by atoms with Gasteiger partial charge in [-0.25, -0.2) is 0 Å². The van der Waals surface area contributed by atoms with Gasteiger partial charge in [-0.2, -0.15) is 0 Å². The van der Waals surface area contributed by atoms with E-state index in [1.165, 1.54) is 16.3 Å². The number of hydrogen-bond donors (Lipinski definition) is 0. The van der Waals surface area contributed by atoms with Crippen molar-refractivity contribution in [3.8, 4) is 11.4 Å². The van der Waals surface area contributed by atoms with Gasteiger partial charge in [0.1, 0.15) is 0 Å². The first kappa shape index (κ1) is 16.3. The summed E-state index contributed by atoms with van der Waals surface area (Å²) in [5, 5.41) is 12.6. The summed E-state index contributed by atoms with van der Waals surface area (Å²) in [6, 6.07) is 25.2. The van der Waals surface area contributed by atoms with E-state index >= 15 is 0 Å². The van der Waals surface area contributed by atoms with Crippen LogP contribution in [0.3, 0.4) is 0 Å². The number of benzene rings is 3. The number of nitrogens with zero attached hydrogens (tertiary/aromatic N) is 3. The molecule has 0 atom stereocenters. The molecule has 0 fully saturated rings. The Bertz CT molecular complexity index is 1220. The van der Waals surface area contributed by atoms with Crippen LogP contribution in [0, 0.1) is 6.92 Å². The predicted molar refractivity (Wildman–Crippen MR) is 110 cm³/mol. The number of aromatic nitrogens is 3. The molecule has 5 aromatic rings. The summed E-state index contributed by atoms with van der Waals surface area (Å²) in [7, 11) is 0. The molecule has 2 heterocycles. The second-order valence-corrected chi connectivity index (χ2v) is 6.06. The SMILES string of the molecule is CC.Cc1ccccc1-c1nnc2c3ccccc3c3ccccc3n12. The maximum atomic E-state index is 4.54. The standard InChI is InChI=1S/C21H15N3.C2H6/c1-14-8-2-3-9-15(14)20-22-23-21-18-12-5-4-10-16(18)17-11-6-7-13-19(17)24(20)21;1-2/h2-13H,1H3;1-2H3. The van der Waals surface area contributed by atoms with Gasteiger partial charge in [-0.15, -0.1) is 10.2 Å². The lowest BCUT2D eigenvalue weighted by Gasteiger charge is -2.10. The van der Waals surface area contributed by atoms with Gasteiger partial charge in [-0.3, -0.25) is 4.40 Å². The summed E-state index contributed by atoms with van der Waals surface area (Å²) in [5.41, 5.74) is 4.35. The molecule has 0 aliphatic heterocycles. The summed E-state index contributed by atoms with van der Waals surface area (Å²) in [6.07, 6.45) is 0. The summed E-state index contributed by atoms with van der Waals surface area (Å²) in [6.45, 7) is 6.11. The quantitative estimate of drug-likeness (QED) is 0.349. The average molecular weight is 339 g/mol. The molecule has 0 bridgehead atoms. The van der Waals surface area contributed by atoms with E-state index < -0.39 is 0 Å². The fourth-order valence-corrected chi connectivity index (χ4v) is 3.49. The summed E-state index contributed by atoms with van der Waals surface area (Å²) in [5.74, 6) is 0.894. The van der Waals surface area contributed by atoms with Crippen molar-refractivity contribution in [2.24, 2.45) is 0 Å². The third kappa shape index (κ3) is 2.36. The van der Waals surface area contributed by atoms with E-state index in [1.807, 2.05) is 19.9 Å². The largest absolute Gasteiger partial charge is 0.274 e. The Hall–Kier alpha value is -3.20. The second kappa shape index (κ2) is 6.60. The van der Waals surface area contributed by atoms with E-state index in [2.05, 4.69) is 88.3 Å². The molecule has 0 unspecified atom stereocenters. The van der Waals surface area contributed by atoms with Crippen molar-refractivity contribution in [2.75, 3.05) is 0 Å². The number of fused-ring (bicyclic) bond motifs is 6. The zero-order chi connectivity index (χ0) is 18.1. The average Bonchev–Trinajstić information content (AvgIpc) is 3.15. The van der Waals surface area contributed by atoms with Gasteiger partial charge in [0.15, 0.2) is 11.5 Å². The maximum absolute atomic E-state index is 4.54. The van der Waals surface area contributed by atoms with Crippen LogP contribution in [0.25, 0.3) is 38.7 Å². The molecule has 0 spiro atoms. The molecular formula is C23H21N3. The Morgan fingerprint density at radius 2 is 1.27 bits per heavy atom. The molecule has 0 aliphatic carbocycles. The lowest BCUT2D eigenvalue weighted by molar-refractivity contribution is 1.11. The molecule has 128 valence electrons. The molecule has 26 heavy (non-hydrogen) atoms. The molecule has 5 rings (SSSR count). The third-order valence-electron chi connectivity index (χ3n) is 4.65. The Morgan fingerprint density at radius 3 is 2.04 bits per heavy atom. The van der Waals surface area contributed by atoms with Crippen molar-refractivity contribution < 1.29 is 0 Å². The van der Waals surface area contributed by atoms with Crippen LogP contribution in [0.1, 0.15) is 19.4 Å². The molecule has 0 saturated carbocycles. The van der Waals surface area contributed by atoms with Crippen molar-refractivity contribution in [1.82, 2.24) is 14.6 Å². The first-order valence-corrected chi connectivity index (χ1v) is 9.05.